The van der Waals surface area contributed by atoms with Crippen LogP contribution in [0.1, 0.15) is 31.7 Å². The van der Waals surface area contributed by atoms with Crippen molar-refractivity contribution in [1.82, 2.24) is 9.55 Å². The van der Waals surface area contributed by atoms with Crippen LogP contribution in [0.2, 0.25) is 0 Å². The number of hydrogen-bond acceptors (Lipinski definition) is 3. The summed E-state index contributed by atoms with van der Waals surface area (Å²) < 4.78 is 1.75. The van der Waals surface area contributed by atoms with Crippen molar-refractivity contribution in [2.45, 2.75) is 39.7 Å². The Bertz CT molecular complexity index is 830. The quantitative estimate of drug-likeness (QED) is 0.644. The van der Waals surface area contributed by atoms with Crippen LogP contribution < -0.4 is 5.56 Å². The summed E-state index contributed by atoms with van der Waals surface area (Å²) in [6.07, 6.45) is 5.00. The Morgan fingerprint density at radius 1 is 1.18 bits per heavy atom. The molecule has 3 nitrogen and oxygen atoms in total. The van der Waals surface area contributed by atoms with Gasteiger partial charge in [-0.25, -0.2) is 4.98 Å². The van der Waals surface area contributed by atoms with Crippen molar-refractivity contribution in [3.05, 3.63) is 51.9 Å². The molecule has 4 heteroatoms. The fourth-order valence-corrected chi connectivity index (χ4v) is 3.51. The maximum atomic E-state index is 12.8. The van der Waals surface area contributed by atoms with Gasteiger partial charge in [0.1, 0.15) is 4.83 Å². The highest BCUT2D eigenvalue weighted by Gasteiger charge is 2.12. The molecule has 0 aliphatic rings. The molecule has 0 N–H and O–H groups in total. The standard InChI is InChI=1S/C18H20N2OS/c1-3-4-5-10-20-12-19-17-16(18(20)21)15(11-22-17)14-8-6-13(2)7-9-14/h6-9,11-12H,3-5,10H2,1-2H3. The van der Waals surface area contributed by atoms with Crippen molar-refractivity contribution < 1.29 is 0 Å². The van der Waals surface area contributed by atoms with Gasteiger partial charge in [0.25, 0.3) is 5.56 Å². The monoisotopic (exact) mass is 312 g/mol. The van der Waals surface area contributed by atoms with Crippen LogP contribution >= 0.6 is 11.3 Å². The van der Waals surface area contributed by atoms with E-state index in [0.717, 1.165) is 47.2 Å². The predicted octanol–water partition coefficient (Wildman–Crippen LogP) is 4.62. The van der Waals surface area contributed by atoms with Crippen molar-refractivity contribution in [3.8, 4) is 11.1 Å². The highest BCUT2D eigenvalue weighted by atomic mass is 32.1. The Kier molecular flexibility index (Phi) is 4.39. The lowest BCUT2D eigenvalue weighted by molar-refractivity contribution is 0.584. The van der Waals surface area contributed by atoms with Crippen LogP contribution in [0.15, 0.2) is 40.8 Å². The zero-order valence-corrected chi connectivity index (χ0v) is 13.8. The molecule has 0 saturated heterocycles. The molecule has 3 rings (SSSR count). The lowest BCUT2D eigenvalue weighted by Gasteiger charge is -2.06. The highest BCUT2D eigenvalue weighted by molar-refractivity contribution is 7.17. The van der Waals surface area contributed by atoms with E-state index >= 15 is 0 Å². The van der Waals surface area contributed by atoms with E-state index in [1.165, 1.54) is 16.9 Å². The van der Waals surface area contributed by atoms with Crippen LogP contribution in [0.25, 0.3) is 21.3 Å². The summed E-state index contributed by atoms with van der Waals surface area (Å²) in [5.74, 6) is 0. The fraction of sp³-hybridized carbons (Fsp3) is 0.333. The van der Waals surface area contributed by atoms with E-state index < -0.39 is 0 Å². The second kappa shape index (κ2) is 6.44. The summed E-state index contributed by atoms with van der Waals surface area (Å²) in [5, 5.41) is 2.80. The Balaban J connectivity index is 2.06. The summed E-state index contributed by atoms with van der Waals surface area (Å²) in [4.78, 5) is 18.1. The molecular weight excluding hydrogens is 292 g/mol. The first-order chi connectivity index (χ1) is 10.7. The van der Waals surface area contributed by atoms with E-state index in [2.05, 4.69) is 43.1 Å². The normalized spacial score (nSPS) is 11.2. The maximum absolute atomic E-state index is 12.8. The van der Waals surface area contributed by atoms with Gasteiger partial charge in [-0.2, -0.15) is 0 Å². The molecule has 0 saturated carbocycles. The average molecular weight is 312 g/mol. The van der Waals surface area contributed by atoms with Gasteiger partial charge in [0.05, 0.1) is 11.7 Å². The Morgan fingerprint density at radius 2 is 1.95 bits per heavy atom. The van der Waals surface area contributed by atoms with E-state index in [1.807, 2.05) is 5.38 Å². The smallest absolute Gasteiger partial charge is 0.262 e. The van der Waals surface area contributed by atoms with Gasteiger partial charge in [0.15, 0.2) is 0 Å². The van der Waals surface area contributed by atoms with Gasteiger partial charge in [0, 0.05) is 17.5 Å². The summed E-state index contributed by atoms with van der Waals surface area (Å²) in [5.41, 5.74) is 3.39. The number of thiophene rings is 1. The molecule has 0 fully saturated rings. The number of aromatic nitrogens is 2. The Labute approximate surface area is 134 Å². The van der Waals surface area contributed by atoms with Crippen LogP contribution in [0.4, 0.5) is 0 Å². The molecule has 0 aliphatic heterocycles. The third-order valence-corrected chi connectivity index (χ3v) is 4.81. The van der Waals surface area contributed by atoms with Crippen LogP contribution in [-0.2, 0) is 6.54 Å². The molecule has 0 bridgehead atoms. The lowest BCUT2D eigenvalue weighted by Crippen LogP contribution is -2.20. The Hall–Kier alpha value is -1.94. The van der Waals surface area contributed by atoms with E-state index in [9.17, 15) is 4.79 Å². The van der Waals surface area contributed by atoms with Gasteiger partial charge in [-0.3, -0.25) is 9.36 Å². The predicted molar refractivity (Wildman–Crippen MR) is 93.6 cm³/mol. The van der Waals surface area contributed by atoms with Crippen molar-refractivity contribution >= 4 is 21.6 Å². The minimum atomic E-state index is 0.0814. The van der Waals surface area contributed by atoms with Gasteiger partial charge in [0.2, 0.25) is 0 Å². The SMILES string of the molecule is CCCCCn1cnc2scc(-c3ccc(C)cc3)c2c1=O. The minimum absolute atomic E-state index is 0.0814. The van der Waals surface area contributed by atoms with Crippen molar-refractivity contribution in [1.29, 1.82) is 0 Å². The largest absolute Gasteiger partial charge is 0.299 e. The van der Waals surface area contributed by atoms with Crippen LogP contribution in [0, 0.1) is 6.92 Å². The second-order valence-corrected chi connectivity index (χ2v) is 6.50. The maximum Gasteiger partial charge on any atom is 0.262 e. The van der Waals surface area contributed by atoms with Gasteiger partial charge >= 0.3 is 0 Å². The van der Waals surface area contributed by atoms with Crippen molar-refractivity contribution in [2.24, 2.45) is 0 Å². The molecule has 0 amide bonds. The van der Waals surface area contributed by atoms with E-state index in [0.29, 0.717) is 0 Å². The summed E-state index contributed by atoms with van der Waals surface area (Å²) in [6.45, 7) is 4.98. The van der Waals surface area contributed by atoms with Crippen LogP contribution in [-0.4, -0.2) is 9.55 Å². The Morgan fingerprint density at radius 3 is 2.68 bits per heavy atom. The third kappa shape index (κ3) is 2.83. The summed E-state index contributed by atoms with van der Waals surface area (Å²) >= 11 is 1.54. The molecule has 114 valence electrons. The molecule has 2 heterocycles. The number of hydrogen-bond donors (Lipinski definition) is 0. The molecule has 0 atom stereocenters. The molecule has 0 aliphatic carbocycles. The zero-order chi connectivity index (χ0) is 15.5. The molecule has 1 aromatic carbocycles. The first kappa shape index (κ1) is 15.0. The average Bonchev–Trinajstić information content (AvgIpc) is 2.95. The zero-order valence-electron chi connectivity index (χ0n) is 13.0. The minimum Gasteiger partial charge on any atom is -0.299 e. The van der Waals surface area contributed by atoms with E-state index in [4.69, 9.17) is 0 Å². The molecule has 22 heavy (non-hydrogen) atoms. The van der Waals surface area contributed by atoms with Crippen molar-refractivity contribution in [3.63, 3.8) is 0 Å². The van der Waals surface area contributed by atoms with E-state index in [1.54, 1.807) is 10.9 Å². The first-order valence-corrected chi connectivity index (χ1v) is 8.62. The molecule has 2 aromatic heterocycles. The van der Waals surface area contributed by atoms with Gasteiger partial charge in [-0.05, 0) is 18.9 Å². The van der Waals surface area contributed by atoms with Crippen LogP contribution in [0.5, 0.6) is 0 Å². The highest BCUT2D eigenvalue weighted by Crippen LogP contribution is 2.30. The molecule has 0 radical (unpaired) electrons. The number of rotatable bonds is 5. The number of unbranched alkanes of at least 4 members (excludes halogenated alkanes) is 2. The molecule has 3 aromatic rings. The van der Waals surface area contributed by atoms with Gasteiger partial charge in [-0.15, -0.1) is 11.3 Å². The number of nitrogens with zero attached hydrogens (tertiary/aromatic N) is 2. The number of fused-ring (bicyclic) bond motifs is 1. The van der Waals surface area contributed by atoms with Gasteiger partial charge < -0.3 is 0 Å². The summed E-state index contributed by atoms with van der Waals surface area (Å²) in [7, 11) is 0. The summed E-state index contributed by atoms with van der Waals surface area (Å²) in [6, 6.07) is 8.30. The van der Waals surface area contributed by atoms with Crippen molar-refractivity contribution in [2.75, 3.05) is 0 Å². The second-order valence-electron chi connectivity index (χ2n) is 5.65. The van der Waals surface area contributed by atoms with E-state index in [-0.39, 0.29) is 5.56 Å². The molecule has 0 unspecified atom stereocenters. The number of aryl methyl sites for hydroxylation is 2. The molecular formula is C18H20N2OS. The van der Waals surface area contributed by atoms with Crippen LogP contribution in [0.3, 0.4) is 0 Å². The molecule has 0 spiro atoms. The first-order valence-electron chi connectivity index (χ1n) is 7.74. The topological polar surface area (TPSA) is 34.9 Å². The lowest BCUT2D eigenvalue weighted by atomic mass is 10.1. The fourth-order valence-electron chi connectivity index (χ4n) is 2.60. The third-order valence-electron chi connectivity index (χ3n) is 3.93. The van der Waals surface area contributed by atoms with Gasteiger partial charge in [-0.1, -0.05) is 49.6 Å². The number of benzene rings is 1.